The molecule has 1 unspecified atom stereocenters. The van der Waals surface area contributed by atoms with Gasteiger partial charge in [-0.3, -0.25) is 4.79 Å². The second-order valence-electron chi connectivity index (χ2n) is 3.10. The molecule has 0 aromatic heterocycles. The smallest absolute Gasteiger partial charge is 0.407 e. The monoisotopic (exact) mass is 250 g/mol. The van der Waals surface area contributed by atoms with Crippen molar-refractivity contribution in [2.45, 2.75) is 25.8 Å². The number of amides is 1. The number of carboxylic acid groups (broad SMARTS) is 1. The van der Waals surface area contributed by atoms with Crippen LogP contribution in [-0.2, 0) is 14.4 Å². The van der Waals surface area contributed by atoms with Gasteiger partial charge in [-0.15, -0.1) is 10.1 Å². The number of nitrogens with zero attached hydrogens (tertiary/aromatic N) is 1. The maximum atomic E-state index is 11.0. The molecule has 9 heteroatoms. The summed E-state index contributed by atoms with van der Waals surface area (Å²) in [7, 11) is 0. The summed E-state index contributed by atoms with van der Waals surface area (Å²) in [6, 6.07) is -1.03. The third-order valence-electron chi connectivity index (χ3n) is 1.67. The highest BCUT2D eigenvalue weighted by Crippen LogP contribution is 1.93. The van der Waals surface area contributed by atoms with Gasteiger partial charge in [0.1, 0.15) is 6.04 Å². The van der Waals surface area contributed by atoms with Crippen molar-refractivity contribution in [3.8, 4) is 0 Å². The molecule has 0 heterocycles. The molecule has 0 spiro atoms. The molecule has 2 N–H and O–H groups in total. The summed E-state index contributed by atoms with van der Waals surface area (Å²) in [6.45, 7) is 1.28. The molecular formula is C8H14N2O7. The third kappa shape index (κ3) is 8.90. The highest BCUT2D eigenvalue weighted by atomic mass is 16.9. The minimum absolute atomic E-state index is 0.0409. The van der Waals surface area contributed by atoms with E-state index < -0.39 is 23.2 Å². The first-order valence-electron chi connectivity index (χ1n) is 4.87. The van der Waals surface area contributed by atoms with Crippen LogP contribution in [0.5, 0.6) is 0 Å². The van der Waals surface area contributed by atoms with Crippen molar-refractivity contribution in [2.75, 3.05) is 13.2 Å². The molecule has 1 atom stereocenters. The Labute approximate surface area is 96.8 Å². The summed E-state index contributed by atoms with van der Waals surface area (Å²) in [5.74, 6) is -1.17. The molecule has 0 aromatic rings. The van der Waals surface area contributed by atoms with Gasteiger partial charge in [-0.25, -0.2) is 4.79 Å². The maximum absolute atomic E-state index is 11.0. The molecule has 0 aliphatic heterocycles. The van der Waals surface area contributed by atoms with E-state index in [-0.39, 0.29) is 13.2 Å². The number of carbonyl (C=O) groups excluding carboxylic acids is 1. The maximum Gasteiger partial charge on any atom is 0.407 e. The van der Waals surface area contributed by atoms with E-state index in [1.807, 2.05) is 0 Å². The number of alkyl carbamates (subject to hydrolysis) is 1. The fourth-order valence-electron chi connectivity index (χ4n) is 0.788. The Balaban J connectivity index is 3.45. The van der Waals surface area contributed by atoms with Crippen molar-refractivity contribution in [3.05, 3.63) is 10.1 Å². The van der Waals surface area contributed by atoms with Crippen LogP contribution in [0, 0.1) is 10.1 Å². The molecule has 17 heavy (non-hydrogen) atoms. The fraction of sp³-hybridized carbons (Fsp3) is 0.750. The number of hydrogen-bond acceptors (Lipinski definition) is 6. The minimum atomic E-state index is -1.17. The van der Waals surface area contributed by atoms with Crippen LogP contribution in [0.4, 0.5) is 4.79 Å². The molecule has 0 radical (unpaired) electrons. The zero-order valence-corrected chi connectivity index (χ0v) is 9.25. The quantitative estimate of drug-likeness (QED) is 0.357. The zero-order chi connectivity index (χ0) is 13.3. The van der Waals surface area contributed by atoms with Gasteiger partial charge in [-0.2, -0.15) is 0 Å². The van der Waals surface area contributed by atoms with Gasteiger partial charge in [0.05, 0.1) is 13.2 Å². The molecular weight excluding hydrogens is 236 g/mol. The van der Waals surface area contributed by atoms with Crippen LogP contribution in [0.25, 0.3) is 0 Å². The molecule has 9 nitrogen and oxygen atoms in total. The van der Waals surface area contributed by atoms with E-state index in [4.69, 9.17) is 5.11 Å². The Morgan fingerprint density at radius 1 is 1.41 bits per heavy atom. The van der Waals surface area contributed by atoms with E-state index in [9.17, 15) is 19.7 Å². The van der Waals surface area contributed by atoms with Crippen molar-refractivity contribution in [2.24, 2.45) is 0 Å². The van der Waals surface area contributed by atoms with Crippen molar-refractivity contribution in [1.82, 2.24) is 5.32 Å². The summed E-state index contributed by atoms with van der Waals surface area (Å²) in [5.41, 5.74) is 0. The minimum Gasteiger partial charge on any atom is -0.480 e. The highest BCUT2D eigenvalue weighted by Gasteiger charge is 2.14. The summed E-state index contributed by atoms with van der Waals surface area (Å²) < 4.78 is 4.63. The Hall–Kier alpha value is -2.06. The third-order valence-corrected chi connectivity index (χ3v) is 1.67. The van der Waals surface area contributed by atoms with E-state index in [0.717, 1.165) is 0 Å². The summed E-state index contributed by atoms with van der Waals surface area (Å²) in [4.78, 5) is 35.1. The summed E-state index contributed by atoms with van der Waals surface area (Å²) >= 11 is 0. The van der Waals surface area contributed by atoms with Gasteiger partial charge in [-0.1, -0.05) is 0 Å². The van der Waals surface area contributed by atoms with E-state index in [2.05, 4.69) is 14.9 Å². The number of hydrogen-bond donors (Lipinski definition) is 2. The Kier molecular flexibility index (Phi) is 7.15. The lowest BCUT2D eigenvalue weighted by atomic mass is 10.3. The Morgan fingerprint density at radius 3 is 2.53 bits per heavy atom. The molecule has 1 amide bonds. The lowest BCUT2D eigenvalue weighted by molar-refractivity contribution is -0.757. The molecule has 0 rings (SSSR count). The normalized spacial score (nSPS) is 11.4. The number of unbranched alkanes of at least 4 members (excludes halogenated alkanes) is 1. The van der Waals surface area contributed by atoms with Crippen LogP contribution in [0.1, 0.15) is 19.8 Å². The Morgan fingerprint density at radius 2 is 2.00 bits per heavy atom. The molecule has 0 aliphatic rings. The average Bonchev–Trinajstić information content (AvgIpc) is 2.22. The van der Waals surface area contributed by atoms with E-state index >= 15 is 0 Å². The van der Waals surface area contributed by atoms with Crippen molar-refractivity contribution in [1.29, 1.82) is 0 Å². The summed E-state index contributed by atoms with van der Waals surface area (Å²) in [5, 5.41) is 19.4. The molecule has 0 bridgehead atoms. The van der Waals surface area contributed by atoms with Gasteiger partial charge in [-0.05, 0) is 19.8 Å². The van der Waals surface area contributed by atoms with Gasteiger partial charge in [0.15, 0.2) is 0 Å². The lowest BCUT2D eigenvalue weighted by Crippen LogP contribution is -2.38. The number of carbonyl (C=O) groups is 2. The Bertz CT molecular complexity index is 281. The van der Waals surface area contributed by atoms with Crippen molar-refractivity contribution < 1.29 is 29.4 Å². The number of nitrogens with one attached hydrogen (secondary N) is 1. The second kappa shape index (κ2) is 8.13. The summed E-state index contributed by atoms with van der Waals surface area (Å²) in [6.07, 6.45) is -0.0825. The lowest BCUT2D eigenvalue weighted by Gasteiger charge is -2.09. The largest absolute Gasteiger partial charge is 0.480 e. The molecule has 0 saturated heterocycles. The van der Waals surface area contributed by atoms with Gasteiger partial charge in [0, 0.05) is 0 Å². The van der Waals surface area contributed by atoms with Crippen LogP contribution in [-0.4, -0.2) is 41.5 Å². The van der Waals surface area contributed by atoms with Gasteiger partial charge in [0.25, 0.3) is 5.09 Å². The van der Waals surface area contributed by atoms with Crippen LogP contribution in [0.3, 0.4) is 0 Å². The van der Waals surface area contributed by atoms with Crippen LogP contribution >= 0.6 is 0 Å². The van der Waals surface area contributed by atoms with Crippen LogP contribution in [0.15, 0.2) is 0 Å². The SMILES string of the molecule is CC(NC(=O)OCCCCO[N+](=O)[O-])C(=O)O. The second-order valence-corrected chi connectivity index (χ2v) is 3.10. The van der Waals surface area contributed by atoms with Crippen LogP contribution < -0.4 is 5.32 Å². The van der Waals surface area contributed by atoms with E-state index in [1.165, 1.54) is 6.92 Å². The first-order valence-corrected chi connectivity index (χ1v) is 4.87. The predicted octanol–water partition coefficient (Wildman–Crippen LogP) is 0.174. The van der Waals surface area contributed by atoms with Crippen molar-refractivity contribution >= 4 is 12.1 Å². The number of aliphatic carboxylic acids is 1. The van der Waals surface area contributed by atoms with Crippen molar-refractivity contribution in [3.63, 3.8) is 0 Å². The molecule has 98 valence electrons. The van der Waals surface area contributed by atoms with Crippen LogP contribution in [0.2, 0.25) is 0 Å². The van der Waals surface area contributed by atoms with Gasteiger partial charge < -0.3 is 20.0 Å². The number of rotatable bonds is 8. The topological polar surface area (TPSA) is 128 Å². The number of ether oxygens (including phenoxy) is 1. The fourth-order valence-corrected chi connectivity index (χ4v) is 0.788. The molecule has 0 aromatic carbocycles. The first-order chi connectivity index (χ1) is 7.93. The first kappa shape index (κ1) is 14.9. The zero-order valence-electron chi connectivity index (χ0n) is 9.25. The standard InChI is InChI=1S/C8H14N2O7/c1-6(7(11)12)9-8(13)16-4-2-3-5-17-10(14)15/h6H,2-5H2,1H3,(H,9,13)(H,11,12). The average molecular weight is 250 g/mol. The predicted molar refractivity (Wildman–Crippen MR) is 53.8 cm³/mol. The molecule has 0 saturated carbocycles. The van der Waals surface area contributed by atoms with E-state index in [0.29, 0.717) is 12.8 Å². The van der Waals surface area contributed by atoms with Gasteiger partial charge >= 0.3 is 12.1 Å². The highest BCUT2D eigenvalue weighted by molar-refractivity contribution is 5.79. The molecule has 0 fully saturated rings. The van der Waals surface area contributed by atoms with Gasteiger partial charge in [0.2, 0.25) is 0 Å². The van der Waals surface area contributed by atoms with E-state index in [1.54, 1.807) is 0 Å². The molecule has 0 aliphatic carbocycles. The number of carboxylic acids is 1.